The van der Waals surface area contributed by atoms with E-state index in [1.807, 2.05) is 31.2 Å². The number of nitriles is 1. The second-order valence-electron chi connectivity index (χ2n) is 8.17. The molecule has 1 aliphatic heterocycles. The Labute approximate surface area is 173 Å². The second-order valence-corrected chi connectivity index (χ2v) is 8.17. The Balaban J connectivity index is 1.77. The molecule has 29 heavy (non-hydrogen) atoms. The van der Waals surface area contributed by atoms with Crippen molar-refractivity contribution in [2.75, 3.05) is 53.2 Å². The molecular weight excluding hydrogens is 364 g/mol. The average molecular weight is 395 g/mol. The predicted molar refractivity (Wildman–Crippen MR) is 118 cm³/mol. The molecule has 1 aromatic heterocycles. The Morgan fingerprint density at radius 2 is 1.62 bits per heavy atom. The number of nitrogens with one attached hydrogen (secondary N) is 2. The standard InChI is InChI=1S/C21H30N8/c1-5-23-18-24-19(27-21(2,3)4)26-20(25-18)29-12-6-11-28(13-14-29)17-9-7-16(15-22)8-10-17/h7-10H,5-6,11-14H2,1-4H3,(H2,23,24,25,26,27). The molecule has 0 spiro atoms. The summed E-state index contributed by atoms with van der Waals surface area (Å²) in [5, 5.41) is 15.6. The number of aromatic nitrogens is 3. The quantitative estimate of drug-likeness (QED) is 0.799. The molecule has 0 atom stereocenters. The summed E-state index contributed by atoms with van der Waals surface area (Å²) < 4.78 is 0. The SMILES string of the molecule is CCNc1nc(NC(C)(C)C)nc(N2CCCN(c3ccc(C#N)cc3)CC2)n1. The molecule has 0 unspecified atom stereocenters. The van der Waals surface area contributed by atoms with Crippen molar-refractivity contribution in [1.82, 2.24) is 15.0 Å². The molecule has 3 rings (SSSR count). The number of anilines is 4. The van der Waals surface area contributed by atoms with E-state index in [1.165, 1.54) is 0 Å². The van der Waals surface area contributed by atoms with Crippen LogP contribution in [0, 0.1) is 11.3 Å². The van der Waals surface area contributed by atoms with Crippen LogP contribution in [0.2, 0.25) is 0 Å². The van der Waals surface area contributed by atoms with Crippen LogP contribution in [0.25, 0.3) is 0 Å². The second kappa shape index (κ2) is 8.95. The Bertz CT molecular complexity index is 850. The van der Waals surface area contributed by atoms with Crippen LogP contribution in [0.1, 0.15) is 39.7 Å². The van der Waals surface area contributed by atoms with Gasteiger partial charge in [0.1, 0.15) is 0 Å². The van der Waals surface area contributed by atoms with Crippen molar-refractivity contribution < 1.29 is 0 Å². The molecule has 0 radical (unpaired) electrons. The largest absolute Gasteiger partial charge is 0.370 e. The zero-order valence-corrected chi connectivity index (χ0v) is 17.7. The van der Waals surface area contributed by atoms with Crippen molar-refractivity contribution >= 4 is 23.5 Å². The summed E-state index contributed by atoms with van der Waals surface area (Å²) in [5.41, 5.74) is 1.70. The molecule has 1 aliphatic rings. The van der Waals surface area contributed by atoms with Crippen LogP contribution in [-0.2, 0) is 0 Å². The van der Waals surface area contributed by atoms with Crippen molar-refractivity contribution in [2.24, 2.45) is 0 Å². The van der Waals surface area contributed by atoms with E-state index < -0.39 is 0 Å². The minimum atomic E-state index is -0.132. The molecule has 2 N–H and O–H groups in total. The molecule has 0 aliphatic carbocycles. The van der Waals surface area contributed by atoms with Gasteiger partial charge in [-0.1, -0.05) is 0 Å². The first-order valence-corrected chi connectivity index (χ1v) is 10.2. The molecule has 0 bridgehead atoms. The van der Waals surface area contributed by atoms with Gasteiger partial charge in [-0.15, -0.1) is 0 Å². The van der Waals surface area contributed by atoms with Crippen molar-refractivity contribution in [3.63, 3.8) is 0 Å². The molecule has 1 aromatic carbocycles. The van der Waals surface area contributed by atoms with Gasteiger partial charge in [0.15, 0.2) is 0 Å². The van der Waals surface area contributed by atoms with Crippen molar-refractivity contribution in [2.45, 2.75) is 39.7 Å². The van der Waals surface area contributed by atoms with Gasteiger partial charge in [-0.25, -0.2) is 0 Å². The van der Waals surface area contributed by atoms with E-state index in [4.69, 9.17) is 5.26 Å². The zero-order valence-electron chi connectivity index (χ0n) is 17.7. The summed E-state index contributed by atoms with van der Waals surface area (Å²) in [6, 6.07) is 9.96. The summed E-state index contributed by atoms with van der Waals surface area (Å²) in [6.45, 7) is 12.6. The summed E-state index contributed by atoms with van der Waals surface area (Å²) in [6.07, 6.45) is 1.00. The van der Waals surface area contributed by atoms with E-state index in [-0.39, 0.29) is 5.54 Å². The first kappa shape index (κ1) is 20.6. The number of rotatable bonds is 5. The first-order valence-electron chi connectivity index (χ1n) is 10.2. The van der Waals surface area contributed by atoms with Gasteiger partial charge in [-0.2, -0.15) is 20.2 Å². The molecule has 154 valence electrons. The highest BCUT2D eigenvalue weighted by Crippen LogP contribution is 2.21. The van der Waals surface area contributed by atoms with E-state index in [1.54, 1.807) is 0 Å². The lowest BCUT2D eigenvalue weighted by molar-refractivity contribution is 0.624. The van der Waals surface area contributed by atoms with Crippen LogP contribution in [0.15, 0.2) is 24.3 Å². The predicted octanol–water partition coefficient (Wildman–Crippen LogP) is 3.10. The van der Waals surface area contributed by atoms with Gasteiger partial charge in [0, 0.05) is 44.0 Å². The highest BCUT2D eigenvalue weighted by Gasteiger charge is 2.20. The number of nitrogens with zero attached hydrogens (tertiary/aromatic N) is 6. The van der Waals surface area contributed by atoms with E-state index in [9.17, 15) is 0 Å². The minimum Gasteiger partial charge on any atom is -0.370 e. The fraction of sp³-hybridized carbons (Fsp3) is 0.524. The lowest BCUT2D eigenvalue weighted by atomic mass is 10.1. The molecule has 2 aromatic rings. The van der Waals surface area contributed by atoms with Crippen LogP contribution < -0.4 is 20.4 Å². The highest BCUT2D eigenvalue weighted by molar-refractivity contribution is 5.51. The van der Waals surface area contributed by atoms with E-state index in [2.05, 4.69) is 62.2 Å². The minimum absolute atomic E-state index is 0.132. The van der Waals surface area contributed by atoms with Crippen LogP contribution in [0.3, 0.4) is 0 Å². The average Bonchev–Trinajstić information content (AvgIpc) is 2.93. The van der Waals surface area contributed by atoms with Crippen molar-refractivity contribution in [3.8, 4) is 6.07 Å². The molecular formula is C21H30N8. The number of hydrogen-bond acceptors (Lipinski definition) is 8. The van der Waals surface area contributed by atoms with Crippen LogP contribution in [0.5, 0.6) is 0 Å². The molecule has 2 heterocycles. The third-order valence-corrected chi connectivity index (χ3v) is 4.59. The fourth-order valence-electron chi connectivity index (χ4n) is 3.26. The fourth-order valence-corrected chi connectivity index (χ4v) is 3.26. The maximum absolute atomic E-state index is 9.00. The van der Waals surface area contributed by atoms with Gasteiger partial charge >= 0.3 is 0 Å². The third kappa shape index (κ3) is 5.70. The lowest BCUT2D eigenvalue weighted by Gasteiger charge is -2.25. The molecule has 8 heteroatoms. The van der Waals surface area contributed by atoms with Crippen LogP contribution in [0.4, 0.5) is 23.5 Å². The third-order valence-electron chi connectivity index (χ3n) is 4.59. The zero-order chi connectivity index (χ0) is 20.9. The van der Waals surface area contributed by atoms with Gasteiger partial charge in [-0.05, 0) is 58.4 Å². The van der Waals surface area contributed by atoms with E-state index >= 15 is 0 Å². The Morgan fingerprint density at radius 3 is 2.28 bits per heavy atom. The maximum Gasteiger partial charge on any atom is 0.232 e. The van der Waals surface area contributed by atoms with Gasteiger partial charge < -0.3 is 20.4 Å². The van der Waals surface area contributed by atoms with Crippen molar-refractivity contribution in [1.29, 1.82) is 5.26 Å². The summed E-state index contributed by atoms with van der Waals surface area (Å²) in [5.74, 6) is 1.88. The molecule has 1 saturated heterocycles. The lowest BCUT2D eigenvalue weighted by Crippen LogP contribution is -2.33. The van der Waals surface area contributed by atoms with Crippen molar-refractivity contribution in [3.05, 3.63) is 29.8 Å². The highest BCUT2D eigenvalue weighted by atomic mass is 15.3. The molecule has 0 saturated carbocycles. The van der Waals surface area contributed by atoms with Crippen LogP contribution >= 0.6 is 0 Å². The smallest absolute Gasteiger partial charge is 0.232 e. The number of hydrogen-bond donors (Lipinski definition) is 2. The Kier molecular flexibility index (Phi) is 6.37. The van der Waals surface area contributed by atoms with Crippen LogP contribution in [-0.4, -0.2) is 53.2 Å². The number of benzene rings is 1. The first-order chi connectivity index (χ1) is 13.9. The van der Waals surface area contributed by atoms with E-state index in [0.717, 1.165) is 44.8 Å². The van der Waals surface area contributed by atoms with Gasteiger partial charge in [0.05, 0.1) is 11.6 Å². The topological polar surface area (TPSA) is 93.0 Å². The van der Waals surface area contributed by atoms with Gasteiger partial charge in [0.25, 0.3) is 0 Å². The summed E-state index contributed by atoms with van der Waals surface area (Å²) in [7, 11) is 0. The molecule has 1 fully saturated rings. The normalized spacial score (nSPS) is 14.9. The van der Waals surface area contributed by atoms with E-state index in [0.29, 0.717) is 23.4 Å². The summed E-state index contributed by atoms with van der Waals surface area (Å²) >= 11 is 0. The monoisotopic (exact) mass is 394 g/mol. The Morgan fingerprint density at radius 1 is 0.966 bits per heavy atom. The molecule has 0 amide bonds. The maximum atomic E-state index is 9.00. The summed E-state index contributed by atoms with van der Waals surface area (Å²) in [4.78, 5) is 18.4. The van der Waals surface area contributed by atoms with Gasteiger partial charge in [0.2, 0.25) is 17.8 Å². The molecule has 8 nitrogen and oxygen atoms in total. The van der Waals surface area contributed by atoms with Gasteiger partial charge in [-0.3, -0.25) is 0 Å². The Hall–Kier alpha value is -3.08.